The number of unbranched alkanes of at least 4 members (excludes halogenated alkanes) is 2. The van der Waals surface area contributed by atoms with Gasteiger partial charge in [-0.1, -0.05) is 44.9 Å². The first-order chi connectivity index (χ1) is 18.3. The highest BCUT2D eigenvalue weighted by molar-refractivity contribution is 5.74. The molecule has 0 saturated heterocycles. The normalized spacial score (nSPS) is 18.2. The molecule has 2 N–H and O–H groups in total. The summed E-state index contributed by atoms with van der Waals surface area (Å²) in [6.45, 7) is 5.12. The summed E-state index contributed by atoms with van der Waals surface area (Å²) >= 11 is 0. The van der Waals surface area contributed by atoms with Gasteiger partial charge >= 0.3 is 24.0 Å². The summed E-state index contributed by atoms with van der Waals surface area (Å²) in [5.41, 5.74) is 0. The number of carbonyl (C=O) groups excluding carboxylic acids is 4. The van der Waals surface area contributed by atoms with Crippen LogP contribution in [0.2, 0.25) is 0 Å². The molecule has 218 valence electrons. The molecule has 2 atom stereocenters. The van der Waals surface area contributed by atoms with Crippen LogP contribution in [-0.4, -0.2) is 56.2 Å². The van der Waals surface area contributed by atoms with E-state index >= 15 is 0 Å². The number of hydrogen-bond donors (Lipinski definition) is 2. The Bertz CT molecular complexity index is 660. The summed E-state index contributed by atoms with van der Waals surface area (Å²) in [5, 5.41) is 5.97. The Morgan fingerprint density at radius 1 is 0.632 bits per heavy atom. The molecular weight excluding hydrogens is 492 g/mol. The minimum absolute atomic E-state index is 0.0651. The first-order valence-electron chi connectivity index (χ1n) is 14.6. The van der Waals surface area contributed by atoms with Gasteiger partial charge in [0.1, 0.15) is 0 Å². The van der Waals surface area contributed by atoms with Gasteiger partial charge in [0, 0.05) is 26.8 Å². The van der Waals surface area contributed by atoms with Crippen molar-refractivity contribution in [2.45, 2.75) is 123 Å². The van der Waals surface area contributed by atoms with Gasteiger partial charge in [0.2, 0.25) is 12.6 Å². The number of carbonyl (C=O) groups is 4. The predicted octanol–water partition coefficient (Wildman–Crippen LogP) is 4.73. The van der Waals surface area contributed by atoms with Gasteiger partial charge in [-0.15, -0.1) is 0 Å². The Morgan fingerprint density at radius 2 is 1.13 bits per heavy atom. The number of ether oxygens (including phenoxy) is 4. The fourth-order valence-corrected chi connectivity index (χ4v) is 4.91. The van der Waals surface area contributed by atoms with Crippen molar-refractivity contribution >= 4 is 24.0 Å². The molecule has 2 rings (SSSR count). The van der Waals surface area contributed by atoms with E-state index in [9.17, 15) is 19.2 Å². The van der Waals surface area contributed by atoms with Crippen molar-refractivity contribution < 1.29 is 38.1 Å². The molecule has 10 heteroatoms. The lowest BCUT2D eigenvalue weighted by Crippen LogP contribution is -2.32. The molecule has 0 heterocycles. The smallest absolute Gasteiger partial charge is 0.410 e. The van der Waals surface area contributed by atoms with Crippen LogP contribution in [0, 0.1) is 11.8 Å². The molecule has 38 heavy (non-hydrogen) atoms. The number of hydrogen-bond acceptors (Lipinski definition) is 9. The lowest BCUT2D eigenvalue weighted by atomic mass is 9.89. The largest absolute Gasteiger partial charge is 0.425 e. The molecule has 0 radical (unpaired) electrons. The zero-order valence-corrected chi connectivity index (χ0v) is 23.3. The third-order valence-corrected chi connectivity index (χ3v) is 7.05. The zero-order chi connectivity index (χ0) is 27.6. The van der Waals surface area contributed by atoms with Crippen LogP contribution in [0.4, 0.5) is 4.79 Å². The van der Waals surface area contributed by atoms with Crippen LogP contribution in [0.3, 0.4) is 0 Å². The van der Waals surface area contributed by atoms with Crippen molar-refractivity contribution in [1.29, 1.82) is 0 Å². The third kappa shape index (κ3) is 14.0. The van der Waals surface area contributed by atoms with E-state index in [0.29, 0.717) is 19.5 Å². The van der Waals surface area contributed by atoms with E-state index in [1.807, 2.05) is 0 Å². The average molecular weight is 541 g/mol. The summed E-state index contributed by atoms with van der Waals surface area (Å²) in [6, 6.07) is 0. The summed E-state index contributed by atoms with van der Waals surface area (Å²) in [4.78, 5) is 48.0. The molecule has 0 aromatic heterocycles. The first kappa shape index (κ1) is 31.9. The Morgan fingerprint density at radius 3 is 1.71 bits per heavy atom. The van der Waals surface area contributed by atoms with Crippen LogP contribution in [0.15, 0.2) is 0 Å². The molecule has 0 aromatic carbocycles. The topological polar surface area (TPSA) is 129 Å². The predicted molar refractivity (Wildman–Crippen MR) is 141 cm³/mol. The second-order valence-electron chi connectivity index (χ2n) is 10.4. The van der Waals surface area contributed by atoms with Crippen LogP contribution in [0.1, 0.15) is 110 Å². The van der Waals surface area contributed by atoms with Crippen LogP contribution in [-0.2, 0) is 33.3 Å². The maximum absolute atomic E-state index is 12.1. The average Bonchev–Trinajstić information content (AvgIpc) is 2.90. The number of rotatable bonds is 16. The fraction of sp³-hybridized carbons (Fsp3) is 0.857. The van der Waals surface area contributed by atoms with E-state index in [4.69, 9.17) is 18.9 Å². The van der Waals surface area contributed by atoms with E-state index < -0.39 is 18.7 Å². The van der Waals surface area contributed by atoms with Gasteiger partial charge in [-0.05, 0) is 58.0 Å². The number of alkyl carbamates (subject to hydrolysis) is 1. The van der Waals surface area contributed by atoms with Crippen molar-refractivity contribution in [2.24, 2.45) is 11.8 Å². The molecule has 10 nitrogen and oxygen atoms in total. The molecule has 0 unspecified atom stereocenters. The van der Waals surface area contributed by atoms with Crippen LogP contribution >= 0.6 is 0 Å². The SMILES string of the molecule is C[C@H](OC(=O)CCCNCCCCCNC(=O)O[C@@H](C)OC(=O)C1CCCCC1)OC(=O)C1CCCCC1. The first-order valence-corrected chi connectivity index (χ1v) is 14.6. The summed E-state index contributed by atoms with van der Waals surface area (Å²) in [5.74, 6) is -1.05. The number of nitrogens with one attached hydrogen (secondary N) is 2. The molecule has 2 saturated carbocycles. The Labute approximate surface area is 227 Å². The number of amides is 1. The molecule has 0 spiro atoms. The Hall–Kier alpha value is -2.36. The van der Waals surface area contributed by atoms with Gasteiger partial charge in [0.15, 0.2) is 0 Å². The summed E-state index contributed by atoms with van der Waals surface area (Å²) in [6.07, 6.45) is 11.1. The minimum atomic E-state index is -0.898. The van der Waals surface area contributed by atoms with E-state index in [0.717, 1.165) is 90.0 Å². The molecule has 0 bridgehead atoms. The van der Waals surface area contributed by atoms with Crippen LogP contribution in [0.25, 0.3) is 0 Å². The van der Waals surface area contributed by atoms with Gasteiger partial charge in [-0.3, -0.25) is 14.4 Å². The minimum Gasteiger partial charge on any atom is -0.425 e. The highest BCUT2D eigenvalue weighted by Gasteiger charge is 2.26. The zero-order valence-electron chi connectivity index (χ0n) is 23.3. The molecule has 0 aromatic rings. The highest BCUT2D eigenvalue weighted by atomic mass is 16.7. The maximum Gasteiger partial charge on any atom is 0.410 e. The third-order valence-electron chi connectivity index (χ3n) is 7.05. The van der Waals surface area contributed by atoms with Gasteiger partial charge < -0.3 is 29.6 Å². The van der Waals surface area contributed by atoms with E-state index in [2.05, 4.69) is 10.6 Å². The van der Waals surface area contributed by atoms with Gasteiger partial charge in [0.25, 0.3) is 0 Å². The van der Waals surface area contributed by atoms with Gasteiger partial charge in [0.05, 0.1) is 11.8 Å². The van der Waals surface area contributed by atoms with E-state index in [1.54, 1.807) is 13.8 Å². The van der Waals surface area contributed by atoms with E-state index in [1.165, 1.54) is 0 Å². The summed E-state index contributed by atoms with van der Waals surface area (Å²) in [7, 11) is 0. The molecule has 2 aliphatic rings. The van der Waals surface area contributed by atoms with Crippen molar-refractivity contribution in [1.82, 2.24) is 10.6 Å². The quantitative estimate of drug-likeness (QED) is 0.162. The second kappa shape index (κ2) is 18.8. The van der Waals surface area contributed by atoms with Gasteiger partial charge in [-0.2, -0.15) is 0 Å². The Balaban J connectivity index is 1.38. The van der Waals surface area contributed by atoms with Crippen molar-refractivity contribution in [3.05, 3.63) is 0 Å². The second-order valence-corrected chi connectivity index (χ2v) is 10.4. The maximum atomic E-state index is 12.1. The molecule has 0 aliphatic heterocycles. The molecule has 2 fully saturated rings. The van der Waals surface area contributed by atoms with Crippen molar-refractivity contribution in [2.75, 3.05) is 19.6 Å². The van der Waals surface area contributed by atoms with Crippen molar-refractivity contribution in [3.63, 3.8) is 0 Å². The lowest BCUT2D eigenvalue weighted by Gasteiger charge is -2.22. The highest BCUT2D eigenvalue weighted by Crippen LogP contribution is 2.26. The van der Waals surface area contributed by atoms with Crippen LogP contribution in [0.5, 0.6) is 0 Å². The van der Waals surface area contributed by atoms with Gasteiger partial charge in [-0.25, -0.2) is 4.79 Å². The molecular formula is C28H48N2O8. The monoisotopic (exact) mass is 540 g/mol. The summed E-state index contributed by atoms with van der Waals surface area (Å²) < 4.78 is 20.8. The standard InChI is InChI=1S/C28H48N2O8/c1-21(36-26(32)23-13-6-3-7-14-23)35-25(31)17-12-19-29-18-10-5-11-20-30-28(34)38-22(2)37-27(33)24-15-8-4-9-16-24/h21-24,29H,3-20H2,1-2H3,(H,30,34)/t21-,22+/m1/s1. The Kier molecular flexibility index (Phi) is 15.8. The van der Waals surface area contributed by atoms with Crippen molar-refractivity contribution in [3.8, 4) is 0 Å². The lowest BCUT2D eigenvalue weighted by molar-refractivity contribution is -0.188. The molecule has 1 amide bonds. The van der Waals surface area contributed by atoms with Crippen LogP contribution < -0.4 is 10.6 Å². The number of esters is 3. The fourth-order valence-electron chi connectivity index (χ4n) is 4.91. The van der Waals surface area contributed by atoms with E-state index in [-0.39, 0.29) is 36.2 Å². The molecule has 2 aliphatic carbocycles.